The number of hydrogen-bond acceptors (Lipinski definition) is 2. The summed E-state index contributed by atoms with van der Waals surface area (Å²) in [5, 5.41) is 3.51. The molecular formula is C15H23BrClNO. The number of methoxy groups -OCH3 is 1. The summed E-state index contributed by atoms with van der Waals surface area (Å²) >= 11 is 9.61. The van der Waals surface area contributed by atoms with Gasteiger partial charge in [-0.2, -0.15) is 0 Å². The van der Waals surface area contributed by atoms with E-state index in [0.717, 1.165) is 36.2 Å². The molecule has 108 valence electrons. The number of nitrogens with one attached hydrogen (secondary N) is 1. The first kappa shape index (κ1) is 16.8. The van der Waals surface area contributed by atoms with Crippen LogP contribution >= 0.6 is 27.5 Å². The van der Waals surface area contributed by atoms with Gasteiger partial charge in [0.15, 0.2) is 0 Å². The Bertz CT molecular complexity index is 385. The molecule has 0 heterocycles. The normalized spacial score (nSPS) is 11.6. The highest BCUT2D eigenvalue weighted by molar-refractivity contribution is 9.10. The third-order valence-electron chi connectivity index (χ3n) is 3.83. The molecule has 0 saturated carbocycles. The molecular weight excluding hydrogens is 326 g/mol. The van der Waals surface area contributed by atoms with Crippen molar-refractivity contribution in [1.82, 2.24) is 5.32 Å². The van der Waals surface area contributed by atoms with Crippen LogP contribution in [0.4, 0.5) is 0 Å². The van der Waals surface area contributed by atoms with Gasteiger partial charge < -0.3 is 10.1 Å². The lowest BCUT2D eigenvalue weighted by Crippen LogP contribution is -2.34. The minimum Gasteiger partial charge on any atom is -0.496 e. The zero-order valence-electron chi connectivity index (χ0n) is 11.9. The van der Waals surface area contributed by atoms with Crippen LogP contribution in [0, 0.1) is 5.41 Å². The van der Waals surface area contributed by atoms with E-state index in [2.05, 4.69) is 47.2 Å². The molecule has 0 saturated heterocycles. The van der Waals surface area contributed by atoms with Crippen LogP contribution in [0.3, 0.4) is 0 Å². The molecule has 4 heteroatoms. The van der Waals surface area contributed by atoms with Gasteiger partial charge in [0, 0.05) is 19.0 Å². The van der Waals surface area contributed by atoms with Gasteiger partial charge >= 0.3 is 0 Å². The van der Waals surface area contributed by atoms with E-state index in [9.17, 15) is 0 Å². The van der Waals surface area contributed by atoms with Gasteiger partial charge in [-0.25, -0.2) is 0 Å². The van der Waals surface area contributed by atoms with Crippen LogP contribution < -0.4 is 10.1 Å². The Morgan fingerprint density at radius 1 is 1.32 bits per heavy atom. The summed E-state index contributed by atoms with van der Waals surface area (Å²) in [7, 11) is 1.68. The highest BCUT2D eigenvalue weighted by Gasteiger charge is 2.24. The average Bonchev–Trinajstić information content (AvgIpc) is 2.44. The lowest BCUT2D eigenvalue weighted by atomic mass is 9.84. The first-order valence-corrected chi connectivity index (χ1v) is 8.02. The number of hydrogen-bond donors (Lipinski definition) is 1. The SMILES string of the molecule is CCC(CC)(CCl)CNCc1ccc(OC)c(Br)c1. The van der Waals surface area contributed by atoms with Gasteiger partial charge in [0.1, 0.15) is 5.75 Å². The van der Waals surface area contributed by atoms with E-state index in [1.54, 1.807) is 7.11 Å². The fourth-order valence-corrected chi connectivity index (χ4v) is 3.09. The maximum Gasteiger partial charge on any atom is 0.133 e. The van der Waals surface area contributed by atoms with Crippen LogP contribution in [0.2, 0.25) is 0 Å². The summed E-state index contributed by atoms with van der Waals surface area (Å²) in [6.45, 7) is 6.21. The minimum atomic E-state index is 0.214. The van der Waals surface area contributed by atoms with Crippen molar-refractivity contribution < 1.29 is 4.74 Å². The van der Waals surface area contributed by atoms with Crippen molar-refractivity contribution in [3.8, 4) is 5.75 Å². The molecule has 0 atom stereocenters. The minimum absolute atomic E-state index is 0.214. The van der Waals surface area contributed by atoms with Crippen LogP contribution in [0.5, 0.6) is 5.75 Å². The lowest BCUT2D eigenvalue weighted by molar-refractivity contribution is 0.286. The van der Waals surface area contributed by atoms with Gasteiger partial charge in [0.2, 0.25) is 0 Å². The standard InChI is InChI=1S/C15H23BrClNO/c1-4-15(5-2,10-17)11-18-9-12-6-7-14(19-3)13(16)8-12/h6-8,18H,4-5,9-11H2,1-3H3. The Balaban J connectivity index is 2.55. The second-order valence-electron chi connectivity index (χ2n) is 4.91. The number of ether oxygens (including phenoxy) is 1. The van der Waals surface area contributed by atoms with Crippen LogP contribution in [0.15, 0.2) is 22.7 Å². The molecule has 0 aliphatic heterocycles. The molecule has 2 nitrogen and oxygen atoms in total. The van der Waals surface area contributed by atoms with Crippen molar-refractivity contribution in [2.45, 2.75) is 33.2 Å². The number of rotatable bonds is 8. The van der Waals surface area contributed by atoms with E-state index >= 15 is 0 Å². The third-order valence-corrected chi connectivity index (χ3v) is 5.02. The van der Waals surface area contributed by atoms with Gasteiger partial charge in [-0.3, -0.25) is 0 Å². The maximum absolute atomic E-state index is 6.11. The number of alkyl halides is 1. The molecule has 0 bridgehead atoms. The van der Waals surface area contributed by atoms with Crippen LogP contribution in [-0.2, 0) is 6.54 Å². The van der Waals surface area contributed by atoms with Crippen molar-refractivity contribution in [3.05, 3.63) is 28.2 Å². The van der Waals surface area contributed by atoms with Gasteiger partial charge in [0.25, 0.3) is 0 Å². The quantitative estimate of drug-likeness (QED) is 0.694. The summed E-state index contributed by atoms with van der Waals surface area (Å²) in [6.07, 6.45) is 2.21. The molecule has 0 amide bonds. The van der Waals surface area contributed by atoms with E-state index in [1.165, 1.54) is 5.56 Å². The van der Waals surface area contributed by atoms with Crippen LogP contribution in [0.1, 0.15) is 32.3 Å². The van der Waals surface area contributed by atoms with Gasteiger partial charge in [0.05, 0.1) is 11.6 Å². The molecule has 0 aliphatic rings. The summed E-state index contributed by atoms with van der Waals surface area (Å²) in [4.78, 5) is 0. The average molecular weight is 349 g/mol. The maximum atomic E-state index is 6.11. The van der Waals surface area contributed by atoms with Crippen molar-refractivity contribution in [1.29, 1.82) is 0 Å². The fraction of sp³-hybridized carbons (Fsp3) is 0.600. The smallest absolute Gasteiger partial charge is 0.133 e. The first-order valence-electron chi connectivity index (χ1n) is 6.70. The summed E-state index contributed by atoms with van der Waals surface area (Å²) in [5.41, 5.74) is 1.45. The summed E-state index contributed by atoms with van der Waals surface area (Å²) in [6, 6.07) is 6.15. The highest BCUT2D eigenvalue weighted by Crippen LogP contribution is 2.28. The van der Waals surface area contributed by atoms with Gasteiger partial charge in [-0.05, 0) is 51.9 Å². The number of halogens is 2. The Hall–Kier alpha value is -0.250. The molecule has 0 aliphatic carbocycles. The largest absolute Gasteiger partial charge is 0.496 e. The van der Waals surface area contributed by atoms with Crippen LogP contribution in [0.25, 0.3) is 0 Å². The summed E-state index contributed by atoms with van der Waals surface area (Å²) < 4.78 is 6.22. The zero-order valence-corrected chi connectivity index (χ0v) is 14.3. The second kappa shape index (κ2) is 8.13. The van der Waals surface area contributed by atoms with Crippen molar-refractivity contribution in [2.75, 3.05) is 19.5 Å². The molecule has 1 N–H and O–H groups in total. The summed E-state index contributed by atoms with van der Waals surface area (Å²) in [5.74, 6) is 1.57. The molecule has 1 aromatic carbocycles. The third kappa shape index (κ3) is 4.66. The molecule has 1 aromatic rings. The Morgan fingerprint density at radius 2 is 2.00 bits per heavy atom. The molecule has 0 spiro atoms. The second-order valence-corrected chi connectivity index (χ2v) is 6.03. The Morgan fingerprint density at radius 3 is 2.47 bits per heavy atom. The van der Waals surface area contributed by atoms with Gasteiger partial charge in [-0.1, -0.05) is 19.9 Å². The monoisotopic (exact) mass is 347 g/mol. The van der Waals surface area contributed by atoms with E-state index in [-0.39, 0.29) is 5.41 Å². The molecule has 0 aromatic heterocycles. The van der Waals surface area contributed by atoms with E-state index in [1.807, 2.05) is 6.07 Å². The first-order chi connectivity index (χ1) is 9.10. The molecule has 0 unspecified atom stereocenters. The molecule has 1 rings (SSSR count). The van der Waals surface area contributed by atoms with Crippen molar-refractivity contribution in [3.63, 3.8) is 0 Å². The Labute approximate surface area is 130 Å². The fourth-order valence-electron chi connectivity index (χ4n) is 2.03. The topological polar surface area (TPSA) is 21.3 Å². The Kier molecular flexibility index (Phi) is 7.19. The molecule has 0 radical (unpaired) electrons. The van der Waals surface area contributed by atoms with Crippen molar-refractivity contribution >= 4 is 27.5 Å². The zero-order chi connectivity index (χ0) is 14.3. The van der Waals surface area contributed by atoms with E-state index < -0.39 is 0 Å². The van der Waals surface area contributed by atoms with E-state index in [0.29, 0.717) is 5.88 Å². The highest BCUT2D eigenvalue weighted by atomic mass is 79.9. The molecule has 0 fully saturated rings. The van der Waals surface area contributed by atoms with Crippen LogP contribution in [-0.4, -0.2) is 19.5 Å². The lowest BCUT2D eigenvalue weighted by Gasteiger charge is -2.29. The number of benzene rings is 1. The predicted octanol–water partition coefficient (Wildman–Crippen LogP) is 4.59. The van der Waals surface area contributed by atoms with Crippen molar-refractivity contribution in [2.24, 2.45) is 5.41 Å². The van der Waals surface area contributed by atoms with Gasteiger partial charge in [-0.15, -0.1) is 11.6 Å². The predicted molar refractivity (Wildman–Crippen MR) is 86.1 cm³/mol. The molecule has 19 heavy (non-hydrogen) atoms. The van der Waals surface area contributed by atoms with E-state index in [4.69, 9.17) is 16.3 Å².